The van der Waals surface area contributed by atoms with Gasteiger partial charge < -0.3 is 10.1 Å². The summed E-state index contributed by atoms with van der Waals surface area (Å²) in [5.41, 5.74) is 1.23. The van der Waals surface area contributed by atoms with Gasteiger partial charge in [0.25, 0.3) is 5.91 Å². The van der Waals surface area contributed by atoms with Crippen molar-refractivity contribution in [3.8, 4) is 11.8 Å². The molecular weight excluding hydrogens is 384 g/mol. The largest absolute Gasteiger partial charge is 0.493 e. The second kappa shape index (κ2) is 12.6. The van der Waals surface area contributed by atoms with Crippen LogP contribution in [0.25, 0.3) is 6.08 Å². The number of nitrogens with one attached hydrogen (secondary N) is 1. The predicted molar refractivity (Wildman–Crippen MR) is 119 cm³/mol. The van der Waals surface area contributed by atoms with Crippen LogP contribution in [0.2, 0.25) is 5.02 Å². The average Bonchev–Trinajstić information content (AvgIpc) is 2.73. The minimum absolute atomic E-state index is 0.0134. The summed E-state index contributed by atoms with van der Waals surface area (Å²) in [7, 11) is 0. The van der Waals surface area contributed by atoms with Crippen LogP contribution in [0.3, 0.4) is 0 Å². The number of anilines is 1. The fraction of sp³-hybridized carbons (Fsp3) is 0.333. The van der Waals surface area contributed by atoms with Crippen LogP contribution >= 0.6 is 11.6 Å². The van der Waals surface area contributed by atoms with Crippen LogP contribution in [-0.4, -0.2) is 12.5 Å². The molecular formula is C24H27ClN2O2. The van der Waals surface area contributed by atoms with E-state index in [-0.39, 0.29) is 5.57 Å². The molecule has 0 aliphatic heterocycles. The van der Waals surface area contributed by atoms with Gasteiger partial charge in [0, 0.05) is 16.3 Å². The quantitative estimate of drug-likeness (QED) is 0.257. The number of halogens is 1. The van der Waals surface area contributed by atoms with Crippen LogP contribution < -0.4 is 10.1 Å². The number of carbonyl (C=O) groups excluding carboxylic acids is 1. The molecule has 0 aliphatic rings. The molecule has 2 aromatic rings. The Labute approximate surface area is 178 Å². The fourth-order valence-corrected chi connectivity index (χ4v) is 3.03. The van der Waals surface area contributed by atoms with Gasteiger partial charge in [-0.2, -0.15) is 5.26 Å². The SMILES string of the molecule is CCCCCCCCOc1ccc(Cl)cc1/C=C(\C#N)C(=O)Nc1ccccc1. The number of carbonyl (C=O) groups is 1. The average molecular weight is 411 g/mol. The maximum absolute atomic E-state index is 12.5. The van der Waals surface area contributed by atoms with Crippen LogP contribution in [0.15, 0.2) is 54.1 Å². The van der Waals surface area contributed by atoms with Gasteiger partial charge in [0.15, 0.2) is 0 Å². The summed E-state index contributed by atoms with van der Waals surface area (Å²) in [5, 5.41) is 12.7. The highest BCUT2D eigenvalue weighted by molar-refractivity contribution is 6.30. The van der Waals surface area contributed by atoms with Crippen molar-refractivity contribution in [2.24, 2.45) is 0 Å². The molecule has 4 nitrogen and oxygen atoms in total. The Hall–Kier alpha value is -2.77. The lowest BCUT2D eigenvalue weighted by molar-refractivity contribution is -0.112. The molecule has 29 heavy (non-hydrogen) atoms. The summed E-state index contributed by atoms with van der Waals surface area (Å²) in [6.07, 6.45) is 8.58. The second-order valence-electron chi connectivity index (χ2n) is 6.79. The van der Waals surface area contributed by atoms with Crippen LogP contribution in [0.5, 0.6) is 5.75 Å². The van der Waals surface area contributed by atoms with Gasteiger partial charge in [-0.25, -0.2) is 0 Å². The Kier molecular flexibility index (Phi) is 9.82. The number of nitrogens with zero attached hydrogens (tertiary/aromatic N) is 1. The molecule has 0 bridgehead atoms. The lowest BCUT2D eigenvalue weighted by Gasteiger charge is -2.10. The zero-order valence-electron chi connectivity index (χ0n) is 16.8. The third-order valence-corrected chi connectivity index (χ3v) is 4.66. The van der Waals surface area contributed by atoms with E-state index in [1.807, 2.05) is 24.3 Å². The number of rotatable bonds is 11. The van der Waals surface area contributed by atoms with Gasteiger partial charge in [0.1, 0.15) is 17.4 Å². The third-order valence-electron chi connectivity index (χ3n) is 4.42. The van der Waals surface area contributed by atoms with Crippen molar-refractivity contribution >= 4 is 29.3 Å². The molecule has 0 saturated heterocycles. The first-order valence-corrected chi connectivity index (χ1v) is 10.4. The van der Waals surface area contributed by atoms with Gasteiger partial charge in [-0.05, 0) is 42.8 Å². The highest BCUT2D eigenvalue weighted by Gasteiger charge is 2.12. The Bertz CT molecular complexity index is 857. The number of benzene rings is 2. The number of para-hydroxylation sites is 1. The van der Waals surface area contributed by atoms with Crippen molar-refractivity contribution in [3.63, 3.8) is 0 Å². The van der Waals surface area contributed by atoms with Gasteiger partial charge >= 0.3 is 0 Å². The molecule has 0 spiro atoms. The summed E-state index contributed by atoms with van der Waals surface area (Å²) in [4.78, 5) is 12.5. The fourth-order valence-electron chi connectivity index (χ4n) is 2.85. The molecule has 2 rings (SSSR count). The summed E-state index contributed by atoms with van der Waals surface area (Å²) in [6.45, 7) is 2.79. The highest BCUT2D eigenvalue weighted by Crippen LogP contribution is 2.26. The lowest BCUT2D eigenvalue weighted by Crippen LogP contribution is -2.13. The Morgan fingerprint density at radius 3 is 2.55 bits per heavy atom. The van der Waals surface area contributed by atoms with E-state index in [1.165, 1.54) is 31.8 Å². The van der Waals surface area contributed by atoms with Gasteiger partial charge in [-0.15, -0.1) is 0 Å². The molecule has 0 unspecified atom stereocenters. The van der Waals surface area contributed by atoms with Crippen molar-refractivity contribution < 1.29 is 9.53 Å². The van der Waals surface area contributed by atoms with E-state index >= 15 is 0 Å². The normalized spacial score (nSPS) is 11.0. The standard InChI is InChI=1S/C24H27ClN2O2/c1-2-3-4-5-6-10-15-29-23-14-13-21(25)17-19(23)16-20(18-26)24(28)27-22-11-8-7-9-12-22/h7-9,11-14,16-17H,2-6,10,15H2,1H3,(H,27,28)/b20-16+. The molecule has 0 saturated carbocycles. The maximum Gasteiger partial charge on any atom is 0.266 e. The molecule has 0 atom stereocenters. The first kappa shape index (κ1) is 22.5. The molecule has 0 aromatic heterocycles. The molecule has 1 amide bonds. The smallest absolute Gasteiger partial charge is 0.266 e. The molecule has 0 aliphatic carbocycles. The van der Waals surface area contributed by atoms with Gasteiger partial charge in [-0.3, -0.25) is 4.79 Å². The molecule has 0 heterocycles. The zero-order chi connectivity index (χ0) is 20.9. The minimum atomic E-state index is -0.472. The van der Waals surface area contributed by atoms with Crippen LogP contribution in [0.1, 0.15) is 51.0 Å². The van der Waals surface area contributed by atoms with E-state index < -0.39 is 5.91 Å². The van der Waals surface area contributed by atoms with E-state index in [0.717, 1.165) is 12.8 Å². The topological polar surface area (TPSA) is 62.1 Å². The van der Waals surface area contributed by atoms with E-state index in [1.54, 1.807) is 30.3 Å². The van der Waals surface area contributed by atoms with Gasteiger partial charge in [-0.1, -0.05) is 68.8 Å². The summed E-state index contributed by atoms with van der Waals surface area (Å²) < 4.78 is 5.90. The molecule has 1 N–H and O–H groups in total. The van der Waals surface area contributed by atoms with Crippen molar-refractivity contribution in [3.05, 3.63) is 64.7 Å². The molecule has 0 radical (unpaired) electrons. The van der Waals surface area contributed by atoms with E-state index in [9.17, 15) is 10.1 Å². The Morgan fingerprint density at radius 2 is 1.83 bits per heavy atom. The van der Waals surface area contributed by atoms with Crippen molar-refractivity contribution in [1.29, 1.82) is 5.26 Å². The van der Waals surface area contributed by atoms with E-state index in [0.29, 0.717) is 28.6 Å². The van der Waals surface area contributed by atoms with E-state index in [2.05, 4.69) is 12.2 Å². The predicted octanol–water partition coefficient (Wildman–Crippen LogP) is 6.62. The van der Waals surface area contributed by atoms with Crippen molar-refractivity contribution in [2.75, 3.05) is 11.9 Å². The van der Waals surface area contributed by atoms with Crippen LogP contribution in [-0.2, 0) is 4.79 Å². The minimum Gasteiger partial charge on any atom is -0.493 e. The van der Waals surface area contributed by atoms with E-state index in [4.69, 9.17) is 16.3 Å². The van der Waals surface area contributed by atoms with Crippen LogP contribution in [0, 0.1) is 11.3 Å². The number of ether oxygens (including phenoxy) is 1. The van der Waals surface area contributed by atoms with Crippen molar-refractivity contribution in [1.82, 2.24) is 0 Å². The Morgan fingerprint density at radius 1 is 1.10 bits per heavy atom. The highest BCUT2D eigenvalue weighted by atomic mass is 35.5. The summed E-state index contributed by atoms with van der Waals surface area (Å²) >= 11 is 6.12. The molecule has 152 valence electrons. The number of amides is 1. The van der Waals surface area contributed by atoms with Gasteiger partial charge in [0.2, 0.25) is 0 Å². The lowest BCUT2D eigenvalue weighted by atomic mass is 10.1. The first-order valence-electron chi connectivity index (χ1n) is 10.0. The number of hydrogen-bond acceptors (Lipinski definition) is 3. The second-order valence-corrected chi connectivity index (χ2v) is 7.22. The van der Waals surface area contributed by atoms with Crippen molar-refractivity contribution in [2.45, 2.75) is 45.4 Å². The Balaban J connectivity index is 2.04. The third kappa shape index (κ3) is 8.01. The summed E-state index contributed by atoms with van der Waals surface area (Å²) in [5.74, 6) is 0.142. The molecule has 5 heteroatoms. The number of hydrogen-bond donors (Lipinski definition) is 1. The number of unbranched alkanes of at least 4 members (excludes halogenated alkanes) is 5. The zero-order valence-corrected chi connectivity index (χ0v) is 17.5. The monoisotopic (exact) mass is 410 g/mol. The van der Waals surface area contributed by atoms with Crippen LogP contribution in [0.4, 0.5) is 5.69 Å². The molecule has 0 fully saturated rings. The number of nitriles is 1. The molecule has 2 aromatic carbocycles. The summed E-state index contributed by atoms with van der Waals surface area (Å²) in [6, 6.07) is 16.2. The van der Waals surface area contributed by atoms with Gasteiger partial charge in [0.05, 0.1) is 6.61 Å². The maximum atomic E-state index is 12.5. The first-order chi connectivity index (χ1) is 14.1.